The molecule has 0 spiro atoms. The van der Waals surface area contributed by atoms with E-state index in [0.717, 1.165) is 30.8 Å². The zero-order valence-electron chi connectivity index (χ0n) is 10.8. The van der Waals surface area contributed by atoms with Gasteiger partial charge in [-0.25, -0.2) is 4.98 Å². The number of nitrogens with one attached hydrogen (secondary N) is 1. The molecule has 2 rings (SSSR count). The van der Waals surface area contributed by atoms with E-state index in [9.17, 15) is 0 Å². The first-order valence-corrected chi connectivity index (χ1v) is 6.57. The molecule has 4 heteroatoms. The third-order valence-corrected chi connectivity index (χ3v) is 3.06. The first-order chi connectivity index (χ1) is 8.69. The third-order valence-electron chi connectivity index (χ3n) is 2.85. The van der Waals surface area contributed by atoms with E-state index in [0.29, 0.717) is 5.15 Å². The molecule has 2 aromatic heterocycles. The first-order valence-electron chi connectivity index (χ1n) is 6.19. The summed E-state index contributed by atoms with van der Waals surface area (Å²) in [7, 11) is 0. The van der Waals surface area contributed by atoms with Crippen molar-refractivity contribution in [1.29, 1.82) is 0 Å². The summed E-state index contributed by atoms with van der Waals surface area (Å²) in [5.74, 6) is 0. The minimum Gasteiger partial charge on any atom is -0.379 e. The number of aryl methyl sites for hydroxylation is 2. The van der Waals surface area contributed by atoms with Crippen LogP contribution in [0.15, 0.2) is 30.7 Å². The minimum atomic E-state index is 0.534. The van der Waals surface area contributed by atoms with Crippen molar-refractivity contribution >= 4 is 17.3 Å². The summed E-state index contributed by atoms with van der Waals surface area (Å²) in [5.41, 5.74) is 3.42. The van der Waals surface area contributed by atoms with Crippen LogP contribution in [0, 0.1) is 6.92 Å². The molecule has 0 unspecified atom stereocenters. The zero-order chi connectivity index (χ0) is 13.0. The molecule has 96 valence electrons. The van der Waals surface area contributed by atoms with Crippen LogP contribution in [0.2, 0.25) is 5.15 Å². The average molecular weight is 264 g/mol. The second-order valence-electron chi connectivity index (χ2n) is 4.43. The van der Waals surface area contributed by atoms with E-state index in [2.05, 4.69) is 40.3 Å². The van der Waals surface area contributed by atoms with Gasteiger partial charge in [-0.05, 0) is 36.6 Å². The number of aromatic nitrogens is 2. The van der Waals surface area contributed by atoms with E-state index in [4.69, 9.17) is 11.6 Å². The smallest absolute Gasteiger partial charge is 0.129 e. The van der Waals surface area contributed by atoms with Crippen LogP contribution in [0.25, 0.3) is 0 Å². The van der Waals surface area contributed by atoms with Crippen LogP contribution in [0.3, 0.4) is 0 Å². The standard InChI is InChI=1S/C14H18ClN3/c1-3-5-18-6-4-12(10-18)8-16-13-9-17-14(15)7-11(13)2/h4,6-7,9-10,16H,3,5,8H2,1-2H3. The number of hydrogen-bond donors (Lipinski definition) is 1. The topological polar surface area (TPSA) is 29.9 Å². The Morgan fingerprint density at radius 1 is 1.44 bits per heavy atom. The number of rotatable bonds is 5. The highest BCUT2D eigenvalue weighted by atomic mass is 35.5. The van der Waals surface area contributed by atoms with Crippen molar-refractivity contribution in [2.75, 3.05) is 5.32 Å². The maximum Gasteiger partial charge on any atom is 0.129 e. The van der Waals surface area contributed by atoms with Gasteiger partial charge in [0.2, 0.25) is 0 Å². The molecular formula is C14H18ClN3. The lowest BCUT2D eigenvalue weighted by Gasteiger charge is -2.08. The van der Waals surface area contributed by atoms with Gasteiger partial charge in [0, 0.05) is 25.5 Å². The van der Waals surface area contributed by atoms with Crippen LogP contribution in [-0.4, -0.2) is 9.55 Å². The molecule has 0 saturated carbocycles. The molecule has 0 bridgehead atoms. The zero-order valence-corrected chi connectivity index (χ0v) is 11.5. The molecule has 0 saturated heterocycles. The summed E-state index contributed by atoms with van der Waals surface area (Å²) in [6.07, 6.45) is 7.23. The molecule has 0 aliphatic rings. The monoisotopic (exact) mass is 263 g/mol. The maximum absolute atomic E-state index is 5.83. The number of halogens is 1. The second-order valence-corrected chi connectivity index (χ2v) is 4.82. The van der Waals surface area contributed by atoms with Crippen molar-refractivity contribution in [3.63, 3.8) is 0 Å². The van der Waals surface area contributed by atoms with Crippen LogP contribution in [-0.2, 0) is 13.1 Å². The van der Waals surface area contributed by atoms with Crippen molar-refractivity contribution in [3.05, 3.63) is 47.0 Å². The summed E-state index contributed by atoms with van der Waals surface area (Å²) in [5, 5.41) is 3.91. The fraction of sp³-hybridized carbons (Fsp3) is 0.357. The summed E-state index contributed by atoms with van der Waals surface area (Å²) in [4.78, 5) is 4.08. The van der Waals surface area contributed by atoms with Gasteiger partial charge in [0.1, 0.15) is 5.15 Å². The Kier molecular flexibility index (Phi) is 4.26. The van der Waals surface area contributed by atoms with Gasteiger partial charge in [0.15, 0.2) is 0 Å². The predicted molar refractivity (Wildman–Crippen MR) is 76.0 cm³/mol. The van der Waals surface area contributed by atoms with Crippen LogP contribution >= 0.6 is 11.6 Å². The molecule has 0 radical (unpaired) electrons. The van der Waals surface area contributed by atoms with E-state index in [1.807, 2.05) is 13.0 Å². The van der Waals surface area contributed by atoms with Crippen LogP contribution in [0.4, 0.5) is 5.69 Å². The van der Waals surface area contributed by atoms with Gasteiger partial charge in [-0.3, -0.25) is 0 Å². The molecular weight excluding hydrogens is 246 g/mol. The summed E-state index contributed by atoms with van der Waals surface area (Å²) >= 11 is 5.83. The Morgan fingerprint density at radius 2 is 2.28 bits per heavy atom. The average Bonchev–Trinajstić information content (AvgIpc) is 2.76. The molecule has 1 N–H and O–H groups in total. The molecule has 0 fully saturated rings. The van der Waals surface area contributed by atoms with Crippen LogP contribution in [0.5, 0.6) is 0 Å². The van der Waals surface area contributed by atoms with Crippen molar-refractivity contribution in [3.8, 4) is 0 Å². The van der Waals surface area contributed by atoms with Gasteiger partial charge in [-0.1, -0.05) is 18.5 Å². The number of hydrogen-bond acceptors (Lipinski definition) is 2. The lowest BCUT2D eigenvalue weighted by molar-refractivity contribution is 0.681. The van der Waals surface area contributed by atoms with Gasteiger partial charge >= 0.3 is 0 Å². The van der Waals surface area contributed by atoms with E-state index in [1.165, 1.54) is 5.56 Å². The highest BCUT2D eigenvalue weighted by molar-refractivity contribution is 6.29. The van der Waals surface area contributed by atoms with Crippen molar-refractivity contribution < 1.29 is 0 Å². The number of pyridine rings is 1. The quantitative estimate of drug-likeness (QED) is 0.830. The molecule has 18 heavy (non-hydrogen) atoms. The Balaban J connectivity index is 1.97. The van der Waals surface area contributed by atoms with Crippen LogP contribution in [0.1, 0.15) is 24.5 Å². The Hall–Kier alpha value is -1.48. The van der Waals surface area contributed by atoms with Gasteiger partial charge < -0.3 is 9.88 Å². The molecule has 0 aliphatic heterocycles. The van der Waals surface area contributed by atoms with Crippen LogP contribution < -0.4 is 5.32 Å². The Morgan fingerprint density at radius 3 is 3.00 bits per heavy atom. The largest absolute Gasteiger partial charge is 0.379 e. The van der Waals surface area contributed by atoms with E-state index in [1.54, 1.807) is 6.20 Å². The highest BCUT2D eigenvalue weighted by Crippen LogP contribution is 2.17. The van der Waals surface area contributed by atoms with Crippen molar-refractivity contribution in [1.82, 2.24) is 9.55 Å². The maximum atomic E-state index is 5.83. The Labute approximate surface area is 113 Å². The SMILES string of the molecule is CCCn1ccc(CNc2cnc(Cl)cc2C)c1. The lowest BCUT2D eigenvalue weighted by atomic mass is 10.2. The van der Waals surface area contributed by atoms with Crippen molar-refractivity contribution in [2.45, 2.75) is 33.4 Å². The van der Waals surface area contributed by atoms with E-state index >= 15 is 0 Å². The summed E-state index contributed by atoms with van der Waals surface area (Å²) < 4.78 is 2.21. The molecule has 0 aliphatic carbocycles. The van der Waals surface area contributed by atoms with Gasteiger partial charge in [-0.2, -0.15) is 0 Å². The molecule has 3 nitrogen and oxygen atoms in total. The van der Waals surface area contributed by atoms with E-state index in [-0.39, 0.29) is 0 Å². The number of nitrogens with zero attached hydrogens (tertiary/aromatic N) is 2. The van der Waals surface area contributed by atoms with Crippen molar-refractivity contribution in [2.24, 2.45) is 0 Å². The molecule has 0 amide bonds. The van der Waals surface area contributed by atoms with Gasteiger partial charge in [-0.15, -0.1) is 0 Å². The fourth-order valence-corrected chi connectivity index (χ4v) is 2.11. The summed E-state index contributed by atoms with van der Waals surface area (Å²) in [6.45, 7) is 6.08. The lowest BCUT2D eigenvalue weighted by Crippen LogP contribution is -2.01. The van der Waals surface area contributed by atoms with Gasteiger partial charge in [0.05, 0.1) is 11.9 Å². The fourth-order valence-electron chi connectivity index (χ4n) is 1.90. The third kappa shape index (κ3) is 3.26. The predicted octanol–water partition coefficient (Wildman–Crippen LogP) is 3.87. The molecule has 0 aromatic carbocycles. The molecule has 2 heterocycles. The highest BCUT2D eigenvalue weighted by Gasteiger charge is 2.01. The Bertz CT molecular complexity index is 520. The first kappa shape index (κ1) is 13.0. The molecule has 2 aromatic rings. The summed E-state index contributed by atoms with van der Waals surface area (Å²) in [6, 6.07) is 4.01. The minimum absolute atomic E-state index is 0.534. The number of anilines is 1. The normalized spacial score (nSPS) is 10.6. The van der Waals surface area contributed by atoms with Gasteiger partial charge in [0.25, 0.3) is 0 Å². The van der Waals surface area contributed by atoms with E-state index < -0.39 is 0 Å². The second kappa shape index (κ2) is 5.91. The molecule has 0 atom stereocenters.